The summed E-state index contributed by atoms with van der Waals surface area (Å²) in [5, 5.41) is 0. The highest BCUT2D eigenvalue weighted by molar-refractivity contribution is 6.62. The fourth-order valence-electron chi connectivity index (χ4n) is 1.77. The van der Waals surface area contributed by atoms with Gasteiger partial charge in [-0.3, -0.25) is 0 Å². The lowest BCUT2D eigenvalue weighted by Gasteiger charge is -2.34. The lowest BCUT2D eigenvalue weighted by molar-refractivity contribution is 0.0487. The minimum absolute atomic E-state index is 0.160. The molecule has 0 aromatic rings. The van der Waals surface area contributed by atoms with E-state index in [1.807, 2.05) is 0 Å². The maximum absolute atomic E-state index is 6.13. The predicted molar refractivity (Wildman–Crippen MR) is 86.8 cm³/mol. The summed E-state index contributed by atoms with van der Waals surface area (Å²) in [7, 11) is -2.64. The molecule has 0 aromatic carbocycles. The molecule has 0 bridgehead atoms. The van der Waals surface area contributed by atoms with Crippen molar-refractivity contribution in [3.05, 3.63) is 0 Å². The molecular formula is C15H35NO3Si. The number of unbranched alkanes of at least 4 members (excludes halogenated alkanes) is 3. The minimum atomic E-state index is -2.64. The van der Waals surface area contributed by atoms with Gasteiger partial charge in [-0.25, -0.2) is 0 Å². The SMILES string of the molecule is CCCCO[Si](OCCCC)(OCCCC)C(C)CN. The molecule has 2 N–H and O–H groups in total. The first-order chi connectivity index (χ1) is 9.66. The van der Waals surface area contributed by atoms with Crippen molar-refractivity contribution in [1.29, 1.82) is 0 Å². The van der Waals surface area contributed by atoms with Gasteiger partial charge >= 0.3 is 8.80 Å². The third-order valence-electron chi connectivity index (χ3n) is 3.36. The summed E-state index contributed by atoms with van der Waals surface area (Å²) in [6.45, 7) is 11.3. The van der Waals surface area contributed by atoms with Crippen LogP contribution in [0.1, 0.15) is 66.2 Å². The number of hydrogen-bond acceptors (Lipinski definition) is 4. The van der Waals surface area contributed by atoms with Crippen molar-refractivity contribution < 1.29 is 13.3 Å². The van der Waals surface area contributed by atoms with Gasteiger partial charge in [0, 0.05) is 25.4 Å². The first-order valence-electron chi connectivity index (χ1n) is 8.28. The van der Waals surface area contributed by atoms with E-state index in [-0.39, 0.29) is 5.54 Å². The third kappa shape index (κ3) is 7.74. The van der Waals surface area contributed by atoms with Crippen molar-refractivity contribution in [3.63, 3.8) is 0 Å². The van der Waals surface area contributed by atoms with E-state index in [1.165, 1.54) is 0 Å². The van der Waals surface area contributed by atoms with Crippen molar-refractivity contribution in [2.24, 2.45) is 5.73 Å². The van der Waals surface area contributed by atoms with Crippen LogP contribution in [0.4, 0.5) is 0 Å². The molecule has 1 atom stereocenters. The van der Waals surface area contributed by atoms with Gasteiger partial charge in [-0.2, -0.15) is 0 Å². The molecule has 0 saturated carbocycles. The van der Waals surface area contributed by atoms with Gasteiger partial charge in [0.15, 0.2) is 0 Å². The number of nitrogens with two attached hydrogens (primary N) is 1. The Morgan fingerprint density at radius 2 is 1.15 bits per heavy atom. The summed E-state index contributed by atoms with van der Waals surface area (Å²) in [5.74, 6) is 0. The largest absolute Gasteiger partial charge is 0.505 e. The molecule has 0 aliphatic carbocycles. The highest BCUT2D eigenvalue weighted by atomic mass is 28.4. The highest BCUT2D eigenvalue weighted by Crippen LogP contribution is 2.26. The molecule has 0 rings (SSSR count). The molecule has 0 aliphatic rings. The number of rotatable bonds is 14. The first-order valence-corrected chi connectivity index (χ1v) is 10.1. The zero-order valence-corrected chi connectivity index (χ0v) is 15.0. The van der Waals surface area contributed by atoms with E-state index in [2.05, 4.69) is 27.7 Å². The Kier molecular flexibility index (Phi) is 12.8. The van der Waals surface area contributed by atoms with E-state index in [0.29, 0.717) is 26.4 Å². The van der Waals surface area contributed by atoms with Crippen LogP contribution in [-0.2, 0) is 13.3 Å². The molecule has 0 aliphatic heterocycles. The fourth-order valence-corrected chi connectivity index (χ4v) is 4.45. The molecule has 0 amide bonds. The minimum Gasteiger partial charge on any atom is -0.373 e. The second-order valence-corrected chi connectivity index (χ2v) is 8.41. The van der Waals surface area contributed by atoms with Crippen LogP contribution >= 0.6 is 0 Å². The summed E-state index contributed by atoms with van der Waals surface area (Å²) < 4.78 is 18.4. The summed E-state index contributed by atoms with van der Waals surface area (Å²) >= 11 is 0. The molecule has 0 heterocycles. The molecule has 0 saturated heterocycles. The van der Waals surface area contributed by atoms with Crippen LogP contribution in [0, 0.1) is 0 Å². The van der Waals surface area contributed by atoms with Gasteiger partial charge in [0.25, 0.3) is 0 Å². The monoisotopic (exact) mass is 305 g/mol. The fraction of sp³-hybridized carbons (Fsp3) is 1.00. The van der Waals surface area contributed by atoms with Crippen LogP contribution in [-0.4, -0.2) is 35.2 Å². The summed E-state index contributed by atoms with van der Waals surface area (Å²) in [5.41, 5.74) is 6.03. The average molecular weight is 306 g/mol. The molecule has 0 fully saturated rings. The average Bonchev–Trinajstić information content (AvgIpc) is 2.46. The molecule has 0 aromatic heterocycles. The molecular weight excluding hydrogens is 270 g/mol. The van der Waals surface area contributed by atoms with Crippen LogP contribution in [0.2, 0.25) is 5.54 Å². The summed E-state index contributed by atoms with van der Waals surface area (Å²) in [4.78, 5) is 0. The van der Waals surface area contributed by atoms with Crippen molar-refractivity contribution >= 4 is 8.80 Å². The van der Waals surface area contributed by atoms with Crippen molar-refractivity contribution in [2.45, 2.75) is 71.8 Å². The highest BCUT2D eigenvalue weighted by Gasteiger charge is 2.46. The smallest absolute Gasteiger partial charge is 0.373 e. The van der Waals surface area contributed by atoms with E-state index >= 15 is 0 Å². The predicted octanol–water partition coefficient (Wildman–Crippen LogP) is 3.72. The van der Waals surface area contributed by atoms with Gasteiger partial charge < -0.3 is 19.0 Å². The molecule has 122 valence electrons. The Hall–Kier alpha value is 0.0569. The van der Waals surface area contributed by atoms with Crippen molar-refractivity contribution in [3.8, 4) is 0 Å². The lowest BCUT2D eigenvalue weighted by atomic mass is 10.4. The van der Waals surface area contributed by atoms with E-state index in [9.17, 15) is 0 Å². The topological polar surface area (TPSA) is 53.7 Å². The van der Waals surface area contributed by atoms with E-state index in [4.69, 9.17) is 19.0 Å². The molecule has 0 spiro atoms. The zero-order valence-electron chi connectivity index (χ0n) is 14.0. The lowest BCUT2D eigenvalue weighted by Crippen LogP contribution is -2.52. The van der Waals surface area contributed by atoms with Gasteiger partial charge in [-0.1, -0.05) is 47.0 Å². The van der Waals surface area contributed by atoms with Crippen LogP contribution in [0.5, 0.6) is 0 Å². The van der Waals surface area contributed by atoms with Crippen LogP contribution < -0.4 is 5.73 Å². The Balaban J connectivity index is 4.66. The summed E-state index contributed by atoms with van der Waals surface area (Å²) in [6.07, 6.45) is 6.48. The Morgan fingerprint density at radius 1 is 0.800 bits per heavy atom. The normalized spacial score (nSPS) is 13.7. The second kappa shape index (κ2) is 12.8. The standard InChI is InChI=1S/C15H35NO3Si/c1-5-8-11-17-20(15(4)14-16,18-12-9-6-2)19-13-10-7-3/h15H,5-14,16H2,1-4H3. The molecule has 5 heteroatoms. The van der Waals surface area contributed by atoms with Gasteiger partial charge in [-0.15, -0.1) is 0 Å². The molecule has 20 heavy (non-hydrogen) atoms. The molecule has 1 unspecified atom stereocenters. The van der Waals surface area contributed by atoms with Crippen LogP contribution in [0.15, 0.2) is 0 Å². The maximum atomic E-state index is 6.13. The van der Waals surface area contributed by atoms with Crippen molar-refractivity contribution in [2.75, 3.05) is 26.4 Å². The van der Waals surface area contributed by atoms with E-state index < -0.39 is 8.80 Å². The van der Waals surface area contributed by atoms with Crippen LogP contribution in [0.25, 0.3) is 0 Å². The quantitative estimate of drug-likeness (QED) is 0.392. The van der Waals surface area contributed by atoms with Crippen LogP contribution in [0.3, 0.4) is 0 Å². The van der Waals surface area contributed by atoms with E-state index in [1.54, 1.807) is 0 Å². The third-order valence-corrected chi connectivity index (χ3v) is 6.62. The second-order valence-electron chi connectivity index (χ2n) is 5.35. The zero-order chi connectivity index (χ0) is 15.3. The summed E-state index contributed by atoms with van der Waals surface area (Å²) in [6, 6.07) is 0. The van der Waals surface area contributed by atoms with Crippen molar-refractivity contribution in [1.82, 2.24) is 0 Å². The van der Waals surface area contributed by atoms with Gasteiger partial charge in [0.2, 0.25) is 0 Å². The molecule has 0 radical (unpaired) electrons. The molecule has 4 nitrogen and oxygen atoms in total. The van der Waals surface area contributed by atoms with Gasteiger partial charge in [0.1, 0.15) is 0 Å². The van der Waals surface area contributed by atoms with E-state index in [0.717, 1.165) is 38.5 Å². The maximum Gasteiger partial charge on any atom is 0.505 e. The van der Waals surface area contributed by atoms with Gasteiger partial charge in [0.05, 0.1) is 0 Å². The Labute approximate surface area is 126 Å². The Bertz CT molecular complexity index is 191. The first kappa shape index (κ1) is 20.1. The van der Waals surface area contributed by atoms with Gasteiger partial charge in [-0.05, 0) is 25.8 Å². The Morgan fingerprint density at radius 3 is 1.40 bits per heavy atom. The number of hydrogen-bond donors (Lipinski definition) is 1.